The van der Waals surface area contributed by atoms with Crippen molar-refractivity contribution in [1.82, 2.24) is 19.5 Å². The smallest absolute Gasteiger partial charge is 0.335 e. The molecule has 5 rings (SSSR count). The highest BCUT2D eigenvalue weighted by Gasteiger charge is 2.21. The number of hydrogen-bond donors (Lipinski definition) is 3. The molecular formula is C26H28N6O2. The fraction of sp³-hybridized carbons (Fsp3) is 0.308. The summed E-state index contributed by atoms with van der Waals surface area (Å²) in [6, 6.07) is 15.5. The number of anilines is 1. The normalized spacial score (nSPS) is 14.0. The average Bonchev–Trinajstić information content (AvgIpc) is 3.53. The quantitative estimate of drug-likeness (QED) is 0.359. The van der Waals surface area contributed by atoms with Crippen LogP contribution in [-0.4, -0.2) is 37.1 Å². The van der Waals surface area contributed by atoms with Crippen LogP contribution in [0.25, 0.3) is 22.3 Å². The first-order valence-electron chi connectivity index (χ1n) is 11.7. The van der Waals surface area contributed by atoms with Crippen LogP contribution in [0.3, 0.4) is 0 Å². The van der Waals surface area contributed by atoms with Gasteiger partial charge in [0.1, 0.15) is 11.3 Å². The number of nitrogens with zero attached hydrogens (tertiary/aromatic N) is 4. The molecule has 0 atom stereocenters. The molecule has 0 aliphatic heterocycles. The Kier molecular flexibility index (Phi) is 6.22. The van der Waals surface area contributed by atoms with Crippen LogP contribution in [-0.2, 0) is 13.0 Å². The minimum Gasteiger partial charge on any atom is -0.478 e. The molecular weight excluding hydrogens is 428 g/mol. The van der Waals surface area contributed by atoms with Gasteiger partial charge in [0.05, 0.1) is 11.9 Å². The standard InChI is InChI=1S/C26H28N6O2/c27-14-13-22-30-24(23-25(31-22)32(16-29-23)21-3-1-2-4-21)28-15-17-5-7-18(8-6-17)19-9-11-20(12-10-19)26(33)34/h5-12,16,21H,1-4,13-15,27H2,(H,33,34)(H,28,30,31). The molecule has 174 valence electrons. The topological polar surface area (TPSA) is 119 Å². The highest BCUT2D eigenvalue weighted by Crippen LogP contribution is 2.32. The number of carboxylic acids is 1. The fourth-order valence-electron chi connectivity index (χ4n) is 4.58. The molecule has 1 aliphatic rings. The lowest BCUT2D eigenvalue weighted by Crippen LogP contribution is -2.11. The Morgan fingerprint density at radius 2 is 1.71 bits per heavy atom. The molecule has 34 heavy (non-hydrogen) atoms. The van der Waals surface area contributed by atoms with E-state index >= 15 is 0 Å². The van der Waals surface area contributed by atoms with E-state index in [-0.39, 0.29) is 5.56 Å². The van der Waals surface area contributed by atoms with Crippen LogP contribution in [0.4, 0.5) is 5.82 Å². The number of hydrogen-bond acceptors (Lipinski definition) is 6. The molecule has 0 amide bonds. The van der Waals surface area contributed by atoms with Gasteiger partial charge in [0, 0.05) is 19.0 Å². The van der Waals surface area contributed by atoms with Crippen LogP contribution in [0, 0.1) is 0 Å². The molecule has 8 nitrogen and oxygen atoms in total. The molecule has 0 spiro atoms. The van der Waals surface area contributed by atoms with Gasteiger partial charge in [-0.3, -0.25) is 0 Å². The van der Waals surface area contributed by atoms with Gasteiger partial charge in [0.2, 0.25) is 0 Å². The second kappa shape index (κ2) is 9.61. The number of rotatable bonds is 8. The van der Waals surface area contributed by atoms with Crippen LogP contribution < -0.4 is 11.1 Å². The molecule has 2 aromatic carbocycles. The summed E-state index contributed by atoms with van der Waals surface area (Å²) in [6.07, 6.45) is 7.34. The Morgan fingerprint density at radius 3 is 2.35 bits per heavy atom. The summed E-state index contributed by atoms with van der Waals surface area (Å²) in [5, 5.41) is 12.5. The second-order valence-electron chi connectivity index (χ2n) is 8.72. The number of carbonyl (C=O) groups is 1. The first kappa shape index (κ1) is 22.0. The average molecular weight is 457 g/mol. The SMILES string of the molecule is NCCc1nc(NCc2ccc(-c3ccc(C(=O)O)cc3)cc2)c2ncn(C3CCCC3)c2n1. The molecule has 4 N–H and O–H groups in total. The Balaban J connectivity index is 1.35. The lowest BCUT2D eigenvalue weighted by Gasteiger charge is -2.13. The van der Waals surface area contributed by atoms with E-state index in [9.17, 15) is 4.79 Å². The highest BCUT2D eigenvalue weighted by atomic mass is 16.4. The number of nitrogens with one attached hydrogen (secondary N) is 1. The van der Waals surface area contributed by atoms with Crippen LogP contribution in [0.1, 0.15) is 53.5 Å². The van der Waals surface area contributed by atoms with Gasteiger partial charge in [0.25, 0.3) is 0 Å². The zero-order valence-electron chi connectivity index (χ0n) is 18.9. The van der Waals surface area contributed by atoms with E-state index in [0.29, 0.717) is 25.6 Å². The molecule has 2 aromatic heterocycles. The van der Waals surface area contributed by atoms with Gasteiger partial charge in [-0.25, -0.2) is 19.7 Å². The number of benzene rings is 2. The number of carboxylic acid groups (broad SMARTS) is 1. The van der Waals surface area contributed by atoms with Crippen molar-refractivity contribution >= 4 is 23.0 Å². The Bertz CT molecular complexity index is 1290. The van der Waals surface area contributed by atoms with Crippen molar-refractivity contribution in [1.29, 1.82) is 0 Å². The van der Waals surface area contributed by atoms with Gasteiger partial charge in [-0.2, -0.15) is 0 Å². The molecule has 1 aliphatic carbocycles. The monoisotopic (exact) mass is 456 g/mol. The third-order valence-electron chi connectivity index (χ3n) is 6.43. The van der Waals surface area contributed by atoms with Crippen molar-refractivity contribution in [3.8, 4) is 11.1 Å². The van der Waals surface area contributed by atoms with E-state index in [0.717, 1.165) is 52.3 Å². The molecule has 0 bridgehead atoms. The Morgan fingerprint density at radius 1 is 1.03 bits per heavy atom. The second-order valence-corrected chi connectivity index (χ2v) is 8.72. The lowest BCUT2D eigenvalue weighted by atomic mass is 10.0. The third-order valence-corrected chi connectivity index (χ3v) is 6.43. The molecule has 1 saturated carbocycles. The predicted octanol–water partition coefficient (Wildman–Crippen LogP) is 4.42. The first-order valence-corrected chi connectivity index (χ1v) is 11.7. The van der Waals surface area contributed by atoms with Crippen molar-refractivity contribution in [2.75, 3.05) is 11.9 Å². The zero-order chi connectivity index (χ0) is 23.5. The van der Waals surface area contributed by atoms with Crippen molar-refractivity contribution < 1.29 is 9.90 Å². The summed E-state index contributed by atoms with van der Waals surface area (Å²) in [6.45, 7) is 1.10. The first-order chi connectivity index (χ1) is 16.6. The maximum absolute atomic E-state index is 11.1. The van der Waals surface area contributed by atoms with Gasteiger partial charge < -0.3 is 20.7 Å². The van der Waals surface area contributed by atoms with Crippen molar-refractivity contribution in [3.63, 3.8) is 0 Å². The van der Waals surface area contributed by atoms with Crippen LogP contribution in [0.15, 0.2) is 54.9 Å². The molecule has 1 fully saturated rings. The van der Waals surface area contributed by atoms with Crippen molar-refractivity contribution in [2.45, 2.75) is 44.7 Å². The third kappa shape index (κ3) is 4.49. The van der Waals surface area contributed by atoms with E-state index in [4.69, 9.17) is 20.8 Å². The largest absolute Gasteiger partial charge is 0.478 e. The molecule has 8 heteroatoms. The number of nitrogens with two attached hydrogens (primary N) is 1. The molecule has 0 saturated heterocycles. The molecule has 4 aromatic rings. The maximum Gasteiger partial charge on any atom is 0.335 e. The summed E-state index contributed by atoms with van der Waals surface area (Å²) < 4.78 is 2.21. The number of fused-ring (bicyclic) bond motifs is 1. The van der Waals surface area contributed by atoms with E-state index < -0.39 is 5.97 Å². The molecule has 0 radical (unpaired) electrons. The zero-order valence-corrected chi connectivity index (χ0v) is 18.9. The van der Waals surface area contributed by atoms with Crippen LogP contribution in [0.5, 0.6) is 0 Å². The van der Waals surface area contributed by atoms with Crippen LogP contribution in [0.2, 0.25) is 0 Å². The summed E-state index contributed by atoms with van der Waals surface area (Å²) in [5.41, 5.74) is 10.9. The van der Waals surface area contributed by atoms with Gasteiger partial charge in [-0.1, -0.05) is 49.2 Å². The summed E-state index contributed by atoms with van der Waals surface area (Å²) in [7, 11) is 0. The summed E-state index contributed by atoms with van der Waals surface area (Å²) >= 11 is 0. The van der Waals surface area contributed by atoms with Gasteiger partial charge in [-0.15, -0.1) is 0 Å². The molecule has 2 heterocycles. The Hall–Kier alpha value is -3.78. The molecule has 0 unspecified atom stereocenters. The van der Waals surface area contributed by atoms with Gasteiger partial charge in [0.15, 0.2) is 11.5 Å². The lowest BCUT2D eigenvalue weighted by molar-refractivity contribution is 0.0697. The van der Waals surface area contributed by atoms with E-state index in [1.54, 1.807) is 12.1 Å². The maximum atomic E-state index is 11.1. The van der Waals surface area contributed by atoms with E-state index in [2.05, 4.69) is 27.0 Å². The van der Waals surface area contributed by atoms with E-state index in [1.165, 1.54) is 12.8 Å². The summed E-state index contributed by atoms with van der Waals surface area (Å²) in [5.74, 6) is 0.547. The highest BCUT2D eigenvalue weighted by molar-refractivity contribution is 5.88. The van der Waals surface area contributed by atoms with Gasteiger partial charge in [-0.05, 0) is 48.2 Å². The number of aromatic carboxylic acids is 1. The minimum atomic E-state index is -0.922. The van der Waals surface area contributed by atoms with Gasteiger partial charge >= 0.3 is 5.97 Å². The fourth-order valence-corrected chi connectivity index (χ4v) is 4.58. The Labute approximate surface area is 197 Å². The number of aromatic nitrogens is 4. The van der Waals surface area contributed by atoms with Crippen LogP contribution >= 0.6 is 0 Å². The summed E-state index contributed by atoms with van der Waals surface area (Å²) in [4.78, 5) is 25.2. The van der Waals surface area contributed by atoms with Crippen molar-refractivity contribution in [3.05, 3.63) is 71.8 Å². The number of imidazole rings is 1. The van der Waals surface area contributed by atoms with Crippen molar-refractivity contribution in [2.24, 2.45) is 5.73 Å². The predicted molar refractivity (Wildman–Crippen MR) is 132 cm³/mol. The minimum absolute atomic E-state index is 0.283. The van der Waals surface area contributed by atoms with E-state index in [1.807, 2.05) is 30.6 Å².